The highest BCUT2D eigenvalue weighted by Crippen LogP contribution is 2.32. The molecular formula is C18H23N3O4. The van der Waals surface area contributed by atoms with E-state index in [2.05, 4.69) is 5.32 Å². The van der Waals surface area contributed by atoms with E-state index in [-0.39, 0.29) is 18.9 Å². The van der Waals surface area contributed by atoms with Crippen molar-refractivity contribution >= 4 is 6.03 Å². The molecule has 1 aromatic carbocycles. The van der Waals surface area contributed by atoms with E-state index in [9.17, 15) is 4.79 Å². The predicted molar refractivity (Wildman–Crippen MR) is 92.6 cm³/mol. The lowest BCUT2D eigenvalue weighted by molar-refractivity contribution is 0.174. The Kier molecular flexibility index (Phi) is 5.14. The minimum absolute atomic E-state index is 0.0158. The molecule has 1 N–H and O–H groups in total. The van der Waals surface area contributed by atoms with Gasteiger partial charge in [-0.05, 0) is 43.9 Å². The zero-order valence-corrected chi connectivity index (χ0v) is 14.7. The van der Waals surface area contributed by atoms with Crippen molar-refractivity contribution in [1.82, 2.24) is 15.1 Å². The van der Waals surface area contributed by atoms with E-state index < -0.39 is 0 Å². The number of fused-ring (bicyclic) bond motifs is 1. The van der Waals surface area contributed by atoms with E-state index in [1.807, 2.05) is 49.3 Å². The molecule has 0 fully saturated rings. The van der Waals surface area contributed by atoms with Crippen LogP contribution in [-0.4, -0.2) is 50.3 Å². The Morgan fingerprint density at radius 2 is 2.00 bits per heavy atom. The average molecular weight is 345 g/mol. The van der Waals surface area contributed by atoms with Crippen molar-refractivity contribution in [3.8, 4) is 11.5 Å². The van der Waals surface area contributed by atoms with Crippen LogP contribution in [0.15, 0.2) is 41.0 Å². The molecule has 25 heavy (non-hydrogen) atoms. The largest absolute Gasteiger partial charge is 0.468 e. The lowest BCUT2D eigenvalue weighted by Crippen LogP contribution is -2.41. The van der Waals surface area contributed by atoms with Gasteiger partial charge in [-0.1, -0.05) is 6.07 Å². The summed E-state index contributed by atoms with van der Waals surface area (Å²) in [5, 5.41) is 2.95. The second-order valence-corrected chi connectivity index (χ2v) is 6.22. The molecule has 0 saturated heterocycles. The molecule has 1 atom stereocenters. The van der Waals surface area contributed by atoms with Gasteiger partial charge in [0.05, 0.1) is 12.3 Å². The van der Waals surface area contributed by atoms with Crippen LogP contribution in [0.25, 0.3) is 0 Å². The highest BCUT2D eigenvalue weighted by molar-refractivity contribution is 5.73. The van der Waals surface area contributed by atoms with E-state index in [1.165, 1.54) is 0 Å². The van der Waals surface area contributed by atoms with E-state index in [4.69, 9.17) is 13.9 Å². The molecule has 2 aromatic rings. The Hall–Kier alpha value is -2.67. The summed E-state index contributed by atoms with van der Waals surface area (Å²) in [6.45, 7) is 1.19. The van der Waals surface area contributed by atoms with Crippen LogP contribution in [0, 0.1) is 0 Å². The molecule has 0 aliphatic carbocycles. The first-order valence-electron chi connectivity index (χ1n) is 8.12. The highest BCUT2D eigenvalue weighted by atomic mass is 16.7. The summed E-state index contributed by atoms with van der Waals surface area (Å²) in [5.41, 5.74) is 0.983. The number of hydrogen-bond donors (Lipinski definition) is 1. The molecule has 0 unspecified atom stereocenters. The fraction of sp³-hybridized carbons (Fsp3) is 0.389. The van der Waals surface area contributed by atoms with Gasteiger partial charge in [-0.15, -0.1) is 0 Å². The Morgan fingerprint density at radius 3 is 2.72 bits per heavy atom. The number of rotatable bonds is 6. The summed E-state index contributed by atoms with van der Waals surface area (Å²) in [6.07, 6.45) is 1.64. The van der Waals surface area contributed by atoms with Gasteiger partial charge in [0.15, 0.2) is 11.5 Å². The fourth-order valence-corrected chi connectivity index (χ4v) is 2.72. The van der Waals surface area contributed by atoms with Crippen molar-refractivity contribution < 1.29 is 18.7 Å². The summed E-state index contributed by atoms with van der Waals surface area (Å²) in [5.74, 6) is 2.28. The fourth-order valence-electron chi connectivity index (χ4n) is 2.72. The van der Waals surface area contributed by atoms with Gasteiger partial charge in [0.25, 0.3) is 0 Å². The molecule has 2 heterocycles. The molecule has 0 spiro atoms. The third-order valence-electron chi connectivity index (χ3n) is 4.15. The van der Waals surface area contributed by atoms with Crippen LogP contribution < -0.4 is 14.8 Å². The Balaban J connectivity index is 1.55. The smallest absolute Gasteiger partial charge is 0.317 e. The first kappa shape index (κ1) is 17.2. The summed E-state index contributed by atoms with van der Waals surface area (Å²) in [7, 11) is 5.67. The molecule has 1 aliphatic rings. The maximum Gasteiger partial charge on any atom is 0.317 e. The second-order valence-electron chi connectivity index (χ2n) is 6.22. The van der Waals surface area contributed by atoms with Gasteiger partial charge in [-0.3, -0.25) is 4.90 Å². The maximum absolute atomic E-state index is 12.4. The Morgan fingerprint density at radius 1 is 1.20 bits per heavy atom. The van der Waals surface area contributed by atoms with E-state index >= 15 is 0 Å². The van der Waals surface area contributed by atoms with Crippen molar-refractivity contribution in [3.05, 3.63) is 47.9 Å². The summed E-state index contributed by atoms with van der Waals surface area (Å²) >= 11 is 0. The van der Waals surface area contributed by atoms with Crippen LogP contribution in [0.3, 0.4) is 0 Å². The topological polar surface area (TPSA) is 67.2 Å². The third kappa shape index (κ3) is 4.06. The number of hydrogen-bond acceptors (Lipinski definition) is 5. The summed E-state index contributed by atoms with van der Waals surface area (Å²) in [6, 6.07) is 9.30. The van der Waals surface area contributed by atoms with Crippen molar-refractivity contribution in [2.45, 2.75) is 12.6 Å². The lowest BCUT2D eigenvalue weighted by atomic mass is 10.2. The Labute approximate surface area is 147 Å². The van der Waals surface area contributed by atoms with Gasteiger partial charge in [-0.25, -0.2) is 4.79 Å². The number of urea groups is 1. The number of nitrogens with one attached hydrogen (secondary N) is 1. The van der Waals surface area contributed by atoms with Gasteiger partial charge in [0.2, 0.25) is 6.79 Å². The van der Waals surface area contributed by atoms with Gasteiger partial charge < -0.3 is 24.1 Å². The van der Waals surface area contributed by atoms with Crippen LogP contribution >= 0.6 is 0 Å². The van der Waals surface area contributed by atoms with Gasteiger partial charge >= 0.3 is 6.03 Å². The summed E-state index contributed by atoms with van der Waals surface area (Å²) in [4.78, 5) is 16.0. The van der Waals surface area contributed by atoms with Crippen LogP contribution in [0.4, 0.5) is 4.79 Å². The number of furan rings is 1. The third-order valence-corrected chi connectivity index (χ3v) is 4.15. The van der Waals surface area contributed by atoms with Gasteiger partial charge in [0.1, 0.15) is 5.76 Å². The summed E-state index contributed by atoms with van der Waals surface area (Å²) < 4.78 is 16.1. The lowest BCUT2D eigenvalue weighted by Gasteiger charge is -2.24. The van der Waals surface area contributed by atoms with Crippen molar-refractivity contribution in [1.29, 1.82) is 0 Å². The predicted octanol–water partition coefficient (Wildman–Crippen LogP) is 2.45. The zero-order valence-electron chi connectivity index (χ0n) is 14.7. The molecule has 1 aliphatic heterocycles. The van der Waals surface area contributed by atoms with Crippen molar-refractivity contribution in [2.24, 2.45) is 0 Å². The molecule has 0 radical (unpaired) electrons. The minimum atomic E-state index is -0.143. The SMILES string of the molecule is CN(Cc1ccc2c(c1)OCO2)C(=O)NC[C@@H](c1ccco1)N(C)C. The molecule has 134 valence electrons. The molecule has 3 rings (SSSR count). The molecule has 2 amide bonds. The monoisotopic (exact) mass is 345 g/mol. The number of nitrogens with zero attached hydrogens (tertiary/aromatic N) is 2. The van der Waals surface area contributed by atoms with Crippen molar-refractivity contribution in [3.63, 3.8) is 0 Å². The first-order chi connectivity index (χ1) is 12.0. The number of benzene rings is 1. The molecule has 0 saturated carbocycles. The van der Waals surface area contributed by atoms with Gasteiger partial charge in [-0.2, -0.15) is 0 Å². The van der Waals surface area contributed by atoms with E-state index in [1.54, 1.807) is 18.2 Å². The second kappa shape index (κ2) is 7.48. The molecule has 7 heteroatoms. The van der Waals surface area contributed by atoms with E-state index in [0.29, 0.717) is 13.1 Å². The maximum atomic E-state index is 12.4. The quantitative estimate of drug-likeness (QED) is 0.871. The minimum Gasteiger partial charge on any atom is -0.468 e. The normalized spacial score (nSPS) is 13.8. The number of likely N-dealkylation sites (N-methyl/N-ethyl adjacent to an activating group) is 1. The number of carbonyl (C=O) groups is 1. The molecular weight excluding hydrogens is 322 g/mol. The standard InChI is InChI=1S/C18H23N3O4/c1-20(2)14(15-5-4-8-23-15)10-19-18(22)21(3)11-13-6-7-16-17(9-13)25-12-24-16/h4-9,14H,10-12H2,1-3H3,(H,19,22)/t14-/m0/s1. The van der Waals surface area contributed by atoms with E-state index in [0.717, 1.165) is 22.8 Å². The average Bonchev–Trinajstić information content (AvgIpc) is 3.25. The number of amides is 2. The highest BCUT2D eigenvalue weighted by Gasteiger charge is 2.19. The Bertz CT molecular complexity index is 715. The van der Waals surface area contributed by atoms with Crippen molar-refractivity contribution in [2.75, 3.05) is 34.5 Å². The number of carbonyl (C=O) groups excluding carboxylic acids is 1. The van der Waals surface area contributed by atoms with Crippen LogP contribution in [0.5, 0.6) is 11.5 Å². The zero-order chi connectivity index (χ0) is 17.8. The molecule has 0 bridgehead atoms. The van der Waals surface area contributed by atoms with Gasteiger partial charge in [0, 0.05) is 20.1 Å². The number of ether oxygens (including phenoxy) is 2. The molecule has 1 aromatic heterocycles. The molecule has 7 nitrogen and oxygen atoms in total. The van der Waals surface area contributed by atoms with Crippen LogP contribution in [0.2, 0.25) is 0 Å². The van der Waals surface area contributed by atoms with Crippen LogP contribution in [0.1, 0.15) is 17.4 Å². The first-order valence-corrected chi connectivity index (χ1v) is 8.12. The van der Waals surface area contributed by atoms with Crippen LogP contribution in [-0.2, 0) is 6.54 Å².